The minimum atomic E-state index is 0.0702. The van der Waals surface area contributed by atoms with E-state index >= 15 is 0 Å². The summed E-state index contributed by atoms with van der Waals surface area (Å²) in [7, 11) is 0. The molecule has 0 amide bonds. The molecule has 0 fully saturated rings. The molecule has 0 aliphatic carbocycles. The first-order valence-electron chi connectivity index (χ1n) is 6.13. The van der Waals surface area contributed by atoms with Crippen LogP contribution in [0.3, 0.4) is 0 Å². The fraction of sp³-hybridized carbons (Fsp3) is 0.312. The van der Waals surface area contributed by atoms with Crippen molar-refractivity contribution >= 4 is 16.6 Å². The molecule has 0 aliphatic rings. The van der Waals surface area contributed by atoms with E-state index < -0.39 is 0 Å². The average Bonchev–Trinajstić information content (AvgIpc) is 2.36. The van der Waals surface area contributed by atoms with Crippen molar-refractivity contribution in [1.82, 2.24) is 0 Å². The van der Waals surface area contributed by atoms with Gasteiger partial charge in [-0.1, -0.05) is 63.2 Å². The van der Waals surface area contributed by atoms with Crippen LogP contribution >= 0.6 is 0 Å². The first kappa shape index (κ1) is 11.8. The van der Waals surface area contributed by atoms with Crippen LogP contribution in [0.5, 0.6) is 0 Å². The van der Waals surface area contributed by atoms with E-state index in [1.807, 2.05) is 49.4 Å². The zero-order chi connectivity index (χ0) is 12.4. The van der Waals surface area contributed by atoms with Gasteiger partial charge in [-0.2, -0.15) is 0 Å². The zero-order valence-corrected chi connectivity index (χ0v) is 10.6. The lowest BCUT2D eigenvalue weighted by Gasteiger charge is -2.15. The van der Waals surface area contributed by atoms with Gasteiger partial charge in [0.1, 0.15) is 0 Å². The first-order valence-corrected chi connectivity index (χ1v) is 6.13. The minimum absolute atomic E-state index is 0.0702. The molecule has 1 nitrogen and oxygen atoms in total. The molecule has 2 rings (SSSR count). The fourth-order valence-corrected chi connectivity index (χ4v) is 1.99. The normalized spacial score (nSPS) is 12.9. The molecule has 1 atom stereocenters. The van der Waals surface area contributed by atoms with E-state index in [2.05, 4.69) is 13.8 Å². The van der Waals surface area contributed by atoms with Gasteiger partial charge in [-0.15, -0.1) is 0 Å². The molecule has 0 heterocycles. The molecule has 0 radical (unpaired) electrons. The standard InChI is InChI=1S/C16H18O/c1-11(2)12(3)16(17)15-10-6-8-13-7-4-5-9-14(13)15/h4-12H,1-3H3. The second-order valence-corrected chi connectivity index (χ2v) is 4.92. The van der Waals surface area contributed by atoms with E-state index in [1.165, 1.54) is 0 Å². The molecule has 0 N–H and O–H groups in total. The maximum absolute atomic E-state index is 12.4. The van der Waals surface area contributed by atoms with Gasteiger partial charge in [-0.05, 0) is 16.7 Å². The minimum Gasteiger partial charge on any atom is -0.294 e. The van der Waals surface area contributed by atoms with Crippen LogP contribution in [-0.4, -0.2) is 5.78 Å². The van der Waals surface area contributed by atoms with Crippen molar-refractivity contribution in [2.45, 2.75) is 20.8 Å². The molecule has 88 valence electrons. The number of rotatable bonds is 3. The Morgan fingerprint density at radius 3 is 2.29 bits per heavy atom. The Balaban J connectivity index is 2.52. The number of hydrogen-bond acceptors (Lipinski definition) is 1. The van der Waals surface area contributed by atoms with Crippen LogP contribution in [0.25, 0.3) is 10.8 Å². The van der Waals surface area contributed by atoms with Gasteiger partial charge in [0.05, 0.1) is 0 Å². The molecule has 0 aromatic heterocycles. The Bertz CT molecular complexity index is 535. The predicted molar refractivity (Wildman–Crippen MR) is 72.3 cm³/mol. The lowest BCUT2D eigenvalue weighted by atomic mass is 9.88. The third-order valence-corrected chi connectivity index (χ3v) is 3.47. The summed E-state index contributed by atoms with van der Waals surface area (Å²) in [6.45, 7) is 6.19. The maximum Gasteiger partial charge on any atom is 0.166 e. The predicted octanol–water partition coefficient (Wildman–Crippen LogP) is 4.31. The summed E-state index contributed by atoms with van der Waals surface area (Å²) in [4.78, 5) is 12.4. The van der Waals surface area contributed by atoms with Crippen LogP contribution in [0.15, 0.2) is 42.5 Å². The zero-order valence-electron chi connectivity index (χ0n) is 10.6. The molecule has 1 unspecified atom stereocenters. The van der Waals surface area contributed by atoms with E-state index in [-0.39, 0.29) is 11.7 Å². The van der Waals surface area contributed by atoms with Gasteiger partial charge in [-0.25, -0.2) is 0 Å². The van der Waals surface area contributed by atoms with E-state index in [0.29, 0.717) is 5.92 Å². The van der Waals surface area contributed by atoms with Crippen molar-refractivity contribution in [3.8, 4) is 0 Å². The van der Waals surface area contributed by atoms with Gasteiger partial charge in [0.2, 0.25) is 0 Å². The number of Topliss-reactive ketones (excluding diaryl/α,β-unsaturated/α-hetero) is 1. The molecular weight excluding hydrogens is 208 g/mol. The molecule has 2 aromatic rings. The molecule has 17 heavy (non-hydrogen) atoms. The van der Waals surface area contributed by atoms with E-state index in [9.17, 15) is 4.79 Å². The third kappa shape index (κ3) is 2.23. The second kappa shape index (κ2) is 4.70. The van der Waals surface area contributed by atoms with Crippen LogP contribution in [-0.2, 0) is 0 Å². The number of carbonyl (C=O) groups is 1. The highest BCUT2D eigenvalue weighted by molar-refractivity contribution is 6.09. The summed E-state index contributed by atoms with van der Waals surface area (Å²) in [5.41, 5.74) is 0.851. The Kier molecular flexibility index (Phi) is 3.28. The quantitative estimate of drug-likeness (QED) is 0.712. The van der Waals surface area contributed by atoms with Gasteiger partial charge in [0.15, 0.2) is 5.78 Å². The van der Waals surface area contributed by atoms with Gasteiger partial charge in [-0.3, -0.25) is 4.79 Å². The average molecular weight is 226 g/mol. The third-order valence-electron chi connectivity index (χ3n) is 3.47. The van der Waals surface area contributed by atoms with Gasteiger partial charge in [0.25, 0.3) is 0 Å². The van der Waals surface area contributed by atoms with Gasteiger partial charge >= 0.3 is 0 Å². The molecule has 0 spiro atoms. The fourth-order valence-electron chi connectivity index (χ4n) is 1.99. The molecular formula is C16H18O. The summed E-state index contributed by atoms with van der Waals surface area (Å²) in [5, 5.41) is 2.20. The van der Waals surface area contributed by atoms with E-state index in [1.54, 1.807) is 0 Å². The maximum atomic E-state index is 12.4. The highest BCUT2D eigenvalue weighted by Crippen LogP contribution is 2.23. The summed E-state index contributed by atoms with van der Waals surface area (Å²) >= 11 is 0. The lowest BCUT2D eigenvalue weighted by Crippen LogP contribution is -2.17. The molecule has 0 saturated heterocycles. The van der Waals surface area contributed by atoms with Crippen molar-refractivity contribution < 1.29 is 4.79 Å². The highest BCUT2D eigenvalue weighted by atomic mass is 16.1. The topological polar surface area (TPSA) is 17.1 Å². The van der Waals surface area contributed by atoms with Crippen LogP contribution in [0.1, 0.15) is 31.1 Å². The number of hydrogen-bond donors (Lipinski definition) is 0. The smallest absolute Gasteiger partial charge is 0.166 e. The number of ketones is 1. The molecule has 1 heteroatoms. The van der Waals surface area contributed by atoms with E-state index in [4.69, 9.17) is 0 Å². The largest absolute Gasteiger partial charge is 0.294 e. The second-order valence-electron chi connectivity index (χ2n) is 4.92. The Labute approximate surface area is 102 Å². The summed E-state index contributed by atoms with van der Waals surface area (Å²) in [5.74, 6) is 0.694. The van der Waals surface area contributed by atoms with Crippen molar-refractivity contribution in [2.24, 2.45) is 11.8 Å². The van der Waals surface area contributed by atoms with Gasteiger partial charge < -0.3 is 0 Å². The number of benzene rings is 2. The summed E-state index contributed by atoms with van der Waals surface area (Å²) in [6.07, 6.45) is 0. The van der Waals surface area contributed by atoms with Crippen LogP contribution < -0.4 is 0 Å². The van der Waals surface area contributed by atoms with Crippen LogP contribution in [0.4, 0.5) is 0 Å². The monoisotopic (exact) mass is 226 g/mol. The molecule has 0 saturated carbocycles. The Morgan fingerprint density at radius 1 is 0.941 bits per heavy atom. The first-order chi connectivity index (χ1) is 8.11. The van der Waals surface area contributed by atoms with Crippen molar-refractivity contribution in [1.29, 1.82) is 0 Å². The van der Waals surface area contributed by atoms with Crippen molar-refractivity contribution in [3.63, 3.8) is 0 Å². The van der Waals surface area contributed by atoms with E-state index in [0.717, 1.165) is 16.3 Å². The van der Waals surface area contributed by atoms with Crippen molar-refractivity contribution in [3.05, 3.63) is 48.0 Å². The molecule has 0 bridgehead atoms. The summed E-state index contributed by atoms with van der Waals surface area (Å²) in [6, 6.07) is 14.0. The SMILES string of the molecule is CC(C)C(C)C(=O)c1cccc2ccccc12. The molecule has 2 aromatic carbocycles. The number of carbonyl (C=O) groups excluding carboxylic acids is 1. The van der Waals surface area contributed by atoms with Crippen LogP contribution in [0.2, 0.25) is 0 Å². The summed E-state index contributed by atoms with van der Waals surface area (Å²) < 4.78 is 0. The number of fused-ring (bicyclic) bond motifs is 1. The lowest BCUT2D eigenvalue weighted by molar-refractivity contribution is 0.0901. The highest BCUT2D eigenvalue weighted by Gasteiger charge is 2.19. The van der Waals surface area contributed by atoms with Gasteiger partial charge in [0, 0.05) is 11.5 Å². The Morgan fingerprint density at radius 2 is 1.59 bits per heavy atom. The van der Waals surface area contributed by atoms with Crippen LogP contribution in [0, 0.1) is 11.8 Å². The molecule has 0 aliphatic heterocycles. The Hall–Kier alpha value is -1.63. The van der Waals surface area contributed by atoms with Crippen molar-refractivity contribution in [2.75, 3.05) is 0 Å².